The van der Waals surface area contributed by atoms with E-state index in [9.17, 15) is 4.79 Å². The number of benzene rings is 1. The number of aromatic nitrogens is 1. The first-order valence-corrected chi connectivity index (χ1v) is 6.10. The van der Waals surface area contributed by atoms with E-state index in [2.05, 4.69) is 4.98 Å². The highest BCUT2D eigenvalue weighted by Gasteiger charge is 2.12. The summed E-state index contributed by atoms with van der Waals surface area (Å²) in [4.78, 5) is 14.6. The maximum Gasteiger partial charge on any atom is 0.252 e. The van der Waals surface area contributed by atoms with E-state index in [-0.39, 0.29) is 12.1 Å². The van der Waals surface area contributed by atoms with E-state index in [0.29, 0.717) is 24.5 Å². The number of aromatic amines is 1. The smallest absolute Gasteiger partial charge is 0.252 e. The highest BCUT2D eigenvalue weighted by molar-refractivity contribution is 5.64. The number of nitrogens with one attached hydrogen (secondary N) is 1. The Morgan fingerprint density at radius 2 is 1.89 bits per heavy atom. The van der Waals surface area contributed by atoms with Gasteiger partial charge in [-0.2, -0.15) is 0 Å². The molecule has 0 saturated carbocycles. The van der Waals surface area contributed by atoms with E-state index in [1.165, 1.54) is 0 Å². The molecule has 98 valence electrons. The minimum Gasteiger partial charge on any atom is -0.486 e. The lowest BCUT2D eigenvalue weighted by molar-refractivity contribution is 0.171. The minimum absolute atomic E-state index is 0.158. The molecule has 0 saturated heterocycles. The fourth-order valence-corrected chi connectivity index (χ4v) is 2.04. The summed E-state index contributed by atoms with van der Waals surface area (Å²) in [7, 11) is 0. The van der Waals surface area contributed by atoms with Crippen molar-refractivity contribution in [2.24, 2.45) is 5.73 Å². The number of nitrogens with two attached hydrogens (primary N) is 1. The Labute approximate surface area is 110 Å². The van der Waals surface area contributed by atoms with Gasteiger partial charge in [0.1, 0.15) is 13.2 Å². The van der Waals surface area contributed by atoms with Crippen molar-refractivity contribution in [1.29, 1.82) is 0 Å². The maximum atomic E-state index is 11.7. The molecule has 0 bridgehead atoms. The zero-order valence-corrected chi connectivity index (χ0v) is 10.3. The van der Waals surface area contributed by atoms with Crippen LogP contribution in [0, 0.1) is 0 Å². The van der Waals surface area contributed by atoms with Crippen molar-refractivity contribution < 1.29 is 9.47 Å². The van der Waals surface area contributed by atoms with Crippen LogP contribution in [0.5, 0.6) is 11.5 Å². The molecule has 3 N–H and O–H groups in total. The fourth-order valence-electron chi connectivity index (χ4n) is 2.04. The molecule has 0 unspecified atom stereocenters. The largest absolute Gasteiger partial charge is 0.486 e. The van der Waals surface area contributed by atoms with Gasteiger partial charge >= 0.3 is 0 Å². The third-order valence-corrected chi connectivity index (χ3v) is 3.06. The molecule has 2 aromatic rings. The number of hydrogen-bond donors (Lipinski definition) is 2. The number of rotatable bonds is 2. The van der Waals surface area contributed by atoms with Crippen molar-refractivity contribution in [3.8, 4) is 22.8 Å². The second-order valence-electron chi connectivity index (χ2n) is 4.29. The van der Waals surface area contributed by atoms with E-state index in [1.807, 2.05) is 24.3 Å². The topological polar surface area (TPSA) is 77.3 Å². The highest BCUT2D eigenvalue weighted by atomic mass is 16.6. The summed E-state index contributed by atoms with van der Waals surface area (Å²) in [5.74, 6) is 1.43. The Hall–Kier alpha value is -2.27. The fraction of sp³-hybridized carbons (Fsp3) is 0.214. The van der Waals surface area contributed by atoms with Gasteiger partial charge < -0.3 is 20.2 Å². The zero-order valence-electron chi connectivity index (χ0n) is 10.3. The normalized spacial score (nSPS) is 13.3. The summed E-state index contributed by atoms with van der Waals surface area (Å²) >= 11 is 0. The summed E-state index contributed by atoms with van der Waals surface area (Å²) < 4.78 is 11.0. The summed E-state index contributed by atoms with van der Waals surface area (Å²) in [6, 6.07) is 9.18. The first kappa shape index (κ1) is 11.8. The summed E-state index contributed by atoms with van der Waals surface area (Å²) in [6.45, 7) is 1.34. The SMILES string of the molecule is NCc1ccc(-c2ccc3c(c2)OCCO3)[nH]c1=O. The molecule has 0 amide bonds. The Bertz CT molecular complexity index is 664. The van der Waals surface area contributed by atoms with E-state index >= 15 is 0 Å². The third kappa shape index (κ3) is 2.20. The summed E-state index contributed by atoms with van der Waals surface area (Å²) in [6.07, 6.45) is 0. The number of pyridine rings is 1. The van der Waals surface area contributed by atoms with Gasteiger partial charge in [0.25, 0.3) is 5.56 Å². The number of fused-ring (bicyclic) bond motifs is 1. The average molecular weight is 258 g/mol. The molecule has 1 aliphatic rings. The lowest BCUT2D eigenvalue weighted by atomic mass is 10.1. The van der Waals surface area contributed by atoms with E-state index in [4.69, 9.17) is 15.2 Å². The summed E-state index contributed by atoms with van der Waals surface area (Å²) in [5, 5.41) is 0. The molecule has 1 aromatic carbocycles. The second-order valence-corrected chi connectivity index (χ2v) is 4.29. The quantitative estimate of drug-likeness (QED) is 0.850. The standard InChI is InChI=1S/C14H14N2O3/c15-8-10-1-3-11(16-14(10)17)9-2-4-12-13(7-9)19-6-5-18-12/h1-4,7H,5-6,8,15H2,(H,16,17). The molecule has 0 fully saturated rings. The van der Waals surface area contributed by atoms with Crippen LogP contribution in [-0.4, -0.2) is 18.2 Å². The number of hydrogen-bond acceptors (Lipinski definition) is 4. The van der Waals surface area contributed by atoms with Gasteiger partial charge in [-0.15, -0.1) is 0 Å². The van der Waals surface area contributed by atoms with Crippen LogP contribution in [0.3, 0.4) is 0 Å². The van der Waals surface area contributed by atoms with Crippen LogP contribution < -0.4 is 20.8 Å². The Morgan fingerprint density at radius 3 is 2.63 bits per heavy atom. The van der Waals surface area contributed by atoms with Crippen LogP contribution in [0.2, 0.25) is 0 Å². The van der Waals surface area contributed by atoms with Crippen molar-refractivity contribution in [1.82, 2.24) is 4.98 Å². The Kier molecular flexibility index (Phi) is 2.97. The van der Waals surface area contributed by atoms with Gasteiger partial charge in [0.2, 0.25) is 0 Å². The maximum absolute atomic E-state index is 11.7. The molecule has 2 heterocycles. The number of H-pyrrole nitrogens is 1. The van der Waals surface area contributed by atoms with Crippen molar-refractivity contribution in [2.75, 3.05) is 13.2 Å². The van der Waals surface area contributed by atoms with Crippen molar-refractivity contribution in [3.63, 3.8) is 0 Å². The van der Waals surface area contributed by atoms with Gasteiger partial charge in [-0.1, -0.05) is 6.07 Å². The molecule has 0 atom stereocenters. The molecule has 5 heteroatoms. The monoisotopic (exact) mass is 258 g/mol. The van der Waals surface area contributed by atoms with E-state index < -0.39 is 0 Å². The first-order chi connectivity index (χ1) is 9.28. The average Bonchev–Trinajstić information content (AvgIpc) is 2.46. The molecule has 5 nitrogen and oxygen atoms in total. The van der Waals surface area contributed by atoms with Gasteiger partial charge in [0, 0.05) is 23.4 Å². The van der Waals surface area contributed by atoms with Crippen molar-refractivity contribution >= 4 is 0 Å². The predicted molar refractivity (Wildman–Crippen MR) is 71.4 cm³/mol. The van der Waals surface area contributed by atoms with Gasteiger partial charge in [0.15, 0.2) is 11.5 Å². The molecule has 19 heavy (non-hydrogen) atoms. The van der Waals surface area contributed by atoms with Crippen LogP contribution >= 0.6 is 0 Å². The Morgan fingerprint density at radius 1 is 1.11 bits per heavy atom. The zero-order chi connectivity index (χ0) is 13.2. The highest BCUT2D eigenvalue weighted by Crippen LogP contribution is 2.33. The third-order valence-electron chi connectivity index (χ3n) is 3.06. The molecule has 0 spiro atoms. The molecule has 1 aromatic heterocycles. The lowest BCUT2D eigenvalue weighted by Crippen LogP contribution is -2.16. The van der Waals surface area contributed by atoms with Crippen molar-refractivity contribution in [2.45, 2.75) is 6.54 Å². The van der Waals surface area contributed by atoms with Crippen LogP contribution in [0.1, 0.15) is 5.56 Å². The van der Waals surface area contributed by atoms with Crippen LogP contribution in [0.4, 0.5) is 0 Å². The molecule has 0 radical (unpaired) electrons. The van der Waals surface area contributed by atoms with Crippen molar-refractivity contribution in [3.05, 3.63) is 46.2 Å². The van der Waals surface area contributed by atoms with Gasteiger partial charge in [-0.3, -0.25) is 4.79 Å². The Balaban J connectivity index is 2.02. The van der Waals surface area contributed by atoms with E-state index in [1.54, 1.807) is 6.07 Å². The minimum atomic E-state index is -0.158. The lowest BCUT2D eigenvalue weighted by Gasteiger charge is -2.18. The first-order valence-electron chi connectivity index (χ1n) is 6.10. The van der Waals surface area contributed by atoms with Crippen LogP contribution in [0.25, 0.3) is 11.3 Å². The molecular formula is C14H14N2O3. The predicted octanol–water partition coefficient (Wildman–Crippen LogP) is 1.27. The van der Waals surface area contributed by atoms with Gasteiger partial charge in [0.05, 0.1) is 0 Å². The molecular weight excluding hydrogens is 244 g/mol. The molecule has 0 aliphatic carbocycles. The van der Waals surface area contributed by atoms with Crippen LogP contribution in [-0.2, 0) is 6.54 Å². The van der Waals surface area contributed by atoms with E-state index in [0.717, 1.165) is 17.0 Å². The van der Waals surface area contributed by atoms with Crippen LogP contribution in [0.15, 0.2) is 35.1 Å². The van der Waals surface area contributed by atoms with Gasteiger partial charge in [-0.05, 0) is 24.3 Å². The van der Waals surface area contributed by atoms with Gasteiger partial charge in [-0.25, -0.2) is 0 Å². The second kappa shape index (κ2) is 4.78. The number of ether oxygens (including phenoxy) is 2. The summed E-state index contributed by atoms with van der Waals surface area (Å²) in [5.41, 5.74) is 7.50. The molecule has 3 rings (SSSR count). The molecule has 1 aliphatic heterocycles.